The number of hydrogen-bond donors (Lipinski definition) is 0. The van der Waals surface area contributed by atoms with Crippen LogP contribution in [0.1, 0.15) is 87.3 Å². The van der Waals surface area contributed by atoms with Gasteiger partial charge >= 0.3 is 18.1 Å². The van der Waals surface area contributed by atoms with Crippen LogP contribution in [0.2, 0.25) is 0 Å². The van der Waals surface area contributed by atoms with Crippen molar-refractivity contribution in [1.29, 1.82) is 0 Å². The minimum atomic E-state index is -1.45. The van der Waals surface area contributed by atoms with E-state index in [9.17, 15) is 19.2 Å². The average molecular weight is 786 g/mol. The second-order valence-electron chi connectivity index (χ2n) is 15.8. The number of cyclic esters (lactones) is 1. The molecule has 0 amide bonds. The fraction of sp³-hybridized carbons (Fsp3) is 0.707. The van der Waals surface area contributed by atoms with Crippen molar-refractivity contribution in [1.82, 2.24) is 9.88 Å². The molecular weight excluding hydrogens is 726 g/mol. The SMILES string of the molecule is CC[C@H]1OC(=O)[C@H](C)C(=O)[C@H](C)[C@@H](O[C@@H]2O[C@H](C)C[C@H](N(C)C)[C@H]2OC(C)=O)[C@](C)(OC)C[C@@H](C)/C(=N\OCC#Cc2ccccn2)[C@H](C)[C@H]2OC(=O)O[C@@]21C. The molecule has 0 bridgehead atoms. The molecule has 56 heavy (non-hydrogen) atoms. The smallest absolute Gasteiger partial charge is 0.457 e. The third-order valence-electron chi connectivity index (χ3n) is 11.3. The van der Waals surface area contributed by atoms with Crippen molar-refractivity contribution < 1.29 is 57.2 Å². The number of nitrogens with zero attached hydrogens (tertiary/aromatic N) is 3. The lowest BCUT2D eigenvalue weighted by Gasteiger charge is -2.47. The molecule has 0 aliphatic carbocycles. The molecule has 15 nitrogen and oxygen atoms in total. The zero-order valence-electron chi connectivity index (χ0n) is 34.7. The number of likely N-dealkylation sites (N-methyl/N-ethyl adjacent to an activating group) is 1. The largest absolute Gasteiger partial charge is 0.509 e. The van der Waals surface area contributed by atoms with Crippen LogP contribution in [-0.4, -0.2) is 121 Å². The van der Waals surface area contributed by atoms with Gasteiger partial charge in [-0.15, -0.1) is 0 Å². The first-order chi connectivity index (χ1) is 26.4. The Kier molecular flexibility index (Phi) is 15.1. The highest BCUT2D eigenvalue weighted by Gasteiger charge is 2.59. The molecule has 3 aliphatic heterocycles. The van der Waals surface area contributed by atoms with E-state index in [-0.39, 0.29) is 31.6 Å². The molecule has 13 atom stereocenters. The normalized spacial score (nSPS) is 37.6. The summed E-state index contributed by atoms with van der Waals surface area (Å²) in [4.78, 5) is 65.5. The number of carbonyl (C=O) groups excluding carboxylic acids is 4. The lowest BCUT2D eigenvalue weighted by Crippen LogP contribution is -2.60. The lowest BCUT2D eigenvalue weighted by molar-refractivity contribution is -0.297. The number of hydrogen-bond acceptors (Lipinski definition) is 15. The molecule has 3 fully saturated rings. The number of pyridine rings is 1. The monoisotopic (exact) mass is 785 g/mol. The highest BCUT2D eigenvalue weighted by atomic mass is 16.8. The van der Waals surface area contributed by atoms with Gasteiger partial charge in [0.2, 0.25) is 0 Å². The second kappa shape index (κ2) is 18.9. The Hall–Kier alpha value is -4.10. The van der Waals surface area contributed by atoms with E-state index in [2.05, 4.69) is 22.0 Å². The first-order valence-corrected chi connectivity index (χ1v) is 19.3. The number of fused-ring (bicyclic) bond motifs is 1. The van der Waals surface area contributed by atoms with E-state index in [1.807, 2.05) is 45.8 Å². The maximum atomic E-state index is 14.4. The highest BCUT2D eigenvalue weighted by molar-refractivity contribution is 6.00. The van der Waals surface area contributed by atoms with Crippen molar-refractivity contribution in [2.45, 2.75) is 136 Å². The number of ketones is 1. The standard InChI is InChI=1S/C41H59N3O12/c1-13-31-41(9)36(55-39(48)56-41)25(4)32(43-50-20-16-18-29-17-14-15-19-42-29)23(2)22-40(8,49-12)35(26(5)33(46)27(6)37(47)53-31)54-38-34(52-28(7)45)30(44(10)11)21-24(3)51-38/h14-15,17,19,23-27,30-31,34-36,38H,13,20-22H2,1-12H3/b43-32+/t23-,24-,25+,26+,27-,30+,31-,34-,35-,36-,38+,40-,41-/m1/s1. The van der Waals surface area contributed by atoms with Crippen LogP contribution >= 0.6 is 0 Å². The summed E-state index contributed by atoms with van der Waals surface area (Å²) in [6.07, 6.45) is -3.55. The van der Waals surface area contributed by atoms with Crippen LogP contribution in [0.25, 0.3) is 0 Å². The van der Waals surface area contributed by atoms with Gasteiger partial charge in [0, 0.05) is 38.0 Å². The Bertz CT molecular complexity index is 1640. The zero-order chi connectivity index (χ0) is 41.5. The van der Waals surface area contributed by atoms with Crippen molar-refractivity contribution in [2.75, 3.05) is 27.8 Å². The zero-order valence-corrected chi connectivity index (χ0v) is 34.7. The Morgan fingerprint density at radius 2 is 1.79 bits per heavy atom. The van der Waals surface area contributed by atoms with Gasteiger partial charge in [0.05, 0.1) is 29.6 Å². The van der Waals surface area contributed by atoms with Crippen LogP contribution in [0.15, 0.2) is 29.6 Å². The number of carbonyl (C=O) groups is 4. The van der Waals surface area contributed by atoms with Crippen LogP contribution in [0, 0.1) is 35.5 Å². The molecule has 1 aromatic rings. The summed E-state index contributed by atoms with van der Waals surface area (Å²) < 4.78 is 42.9. The van der Waals surface area contributed by atoms with Crippen LogP contribution in [0.5, 0.6) is 0 Å². The molecule has 1 aromatic heterocycles. The molecule has 0 spiro atoms. The number of oxime groups is 1. The second-order valence-corrected chi connectivity index (χ2v) is 15.8. The van der Waals surface area contributed by atoms with Gasteiger partial charge in [-0.3, -0.25) is 14.4 Å². The van der Waals surface area contributed by atoms with Crippen molar-refractivity contribution in [3.05, 3.63) is 30.1 Å². The van der Waals surface area contributed by atoms with E-state index in [1.165, 1.54) is 21.0 Å². The van der Waals surface area contributed by atoms with Gasteiger partial charge in [0.15, 0.2) is 36.5 Å². The fourth-order valence-corrected chi connectivity index (χ4v) is 8.24. The van der Waals surface area contributed by atoms with Gasteiger partial charge in [-0.05, 0) is 79.1 Å². The Labute approximate surface area is 330 Å². The molecule has 3 aliphatic rings. The van der Waals surface area contributed by atoms with Crippen LogP contribution in [-0.2, 0) is 52.4 Å². The first-order valence-electron chi connectivity index (χ1n) is 19.3. The molecular formula is C41H59N3O12. The van der Waals surface area contributed by atoms with Crippen molar-refractivity contribution in [3.8, 4) is 11.8 Å². The fourth-order valence-electron chi connectivity index (χ4n) is 8.24. The van der Waals surface area contributed by atoms with Crippen LogP contribution in [0.4, 0.5) is 4.79 Å². The molecule has 0 radical (unpaired) electrons. The van der Waals surface area contributed by atoms with E-state index in [0.29, 0.717) is 17.8 Å². The summed E-state index contributed by atoms with van der Waals surface area (Å²) in [5.74, 6) is 0.739. The maximum Gasteiger partial charge on any atom is 0.509 e. The summed E-state index contributed by atoms with van der Waals surface area (Å²) in [6, 6.07) is 5.13. The molecule has 3 saturated heterocycles. The minimum Gasteiger partial charge on any atom is -0.457 e. The molecule has 0 unspecified atom stereocenters. The molecule has 0 aromatic carbocycles. The predicted octanol–water partition coefficient (Wildman–Crippen LogP) is 4.73. The van der Waals surface area contributed by atoms with E-state index in [4.69, 9.17) is 38.0 Å². The molecule has 0 N–H and O–H groups in total. The number of methoxy groups -OCH3 is 1. The van der Waals surface area contributed by atoms with Gasteiger partial charge < -0.3 is 42.9 Å². The Morgan fingerprint density at radius 1 is 1.07 bits per heavy atom. The third kappa shape index (κ3) is 10.1. The number of esters is 2. The van der Waals surface area contributed by atoms with E-state index >= 15 is 0 Å². The summed E-state index contributed by atoms with van der Waals surface area (Å²) >= 11 is 0. The summed E-state index contributed by atoms with van der Waals surface area (Å²) in [5, 5.41) is 4.59. The molecule has 0 saturated carbocycles. The predicted molar refractivity (Wildman–Crippen MR) is 203 cm³/mol. The molecule has 310 valence electrons. The minimum absolute atomic E-state index is 0.0780. The first kappa shape index (κ1) is 44.6. The molecule has 4 rings (SSSR count). The van der Waals surface area contributed by atoms with Crippen molar-refractivity contribution in [3.63, 3.8) is 0 Å². The number of aromatic nitrogens is 1. The lowest BCUT2D eigenvalue weighted by atomic mass is 9.74. The van der Waals surface area contributed by atoms with Crippen LogP contribution < -0.4 is 0 Å². The van der Waals surface area contributed by atoms with Crippen molar-refractivity contribution in [2.24, 2.45) is 28.8 Å². The summed E-state index contributed by atoms with van der Waals surface area (Å²) in [5.41, 5.74) is -1.67. The maximum absolute atomic E-state index is 14.4. The quantitative estimate of drug-likeness (QED) is 0.0885. The van der Waals surface area contributed by atoms with Crippen LogP contribution in [0.3, 0.4) is 0 Å². The van der Waals surface area contributed by atoms with E-state index in [0.717, 1.165) is 0 Å². The summed E-state index contributed by atoms with van der Waals surface area (Å²) in [6.45, 7) is 15.3. The summed E-state index contributed by atoms with van der Waals surface area (Å²) in [7, 11) is 5.28. The van der Waals surface area contributed by atoms with Gasteiger partial charge in [-0.25, -0.2) is 9.78 Å². The van der Waals surface area contributed by atoms with E-state index in [1.54, 1.807) is 46.0 Å². The van der Waals surface area contributed by atoms with Gasteiger partial charge in [0.25, 0.3) is 0 Å². The Balaban J connectivity index is 1.83. The Morgan fingerprint density at radius 3 is 2.39 bits per heavy atom. The highest BCUT2D eigenvalue weighted by Crippen LogP contribution is 2.42. The topological polar surface area (TPSA) is 171 Å². The van der Waals surface area contributed by atoms with Gasteiger partial charge in [-0.1, -0.05) is 44.8 Å². The molecule has 15 heteroatoms. The molecule has 4 heterocycles. The number of ether oxygens (including phenoxy) is 7. The number of Topliss-reactive ketones (excluding diaryl/α,β-unsaturated/α-hetero) is 1. The van der Waals surface area contributed by atoms with Crippen molar-refractivity contribution >= 4 is 29.6 Å². The van der Waals surface area contributed by atoms with Gasteiger partial charge in [-0.2, -0.15) is 0 Å². The average Bonchev–Trinajstić information content (AvgIpc) is 3.47. The van der Waals surface area contributed by atoms with E-state index < -0.39 is 89.5 Å². The number of rotatable bonds is 8. The van der Waals surface area contributed by atoms with Gasteiger partial charge in [0.1, 0.15) is 17.7 Å². The third-order valence-corrected chi connectivity index (χ3v) is 11.3.